The number of hydrogen-bond acceptors (Lipinski definition) is 5. The molecule has 2 rings (SSSR count). The lowest BCUT2D eigenvalue weighted by Gasteiger charge is -2.08. The Labute approximate surface area is 123 Å². The van der Waals surface area contributed by atoms with Gasteiger partial charge in [0.1, 0.15) is 0 Å². The predicted octanol–water partition coefficient (Wildman–Crippen LogP) is 3.49. The smallest absolute Gasteiger partial charge is 0.340 e. The van der Waals surface area contributed by atoms with Gasteiger partial charge in [0, 0.05) is 22.8 Å². The number of halogens is 1. The highest BCUT2D eigenvalue weighted by molar-refractivity contribution is 9.11. The molecule has 0 aliphatic carbocycles. The van der Waals surface area contributed by atoms with Gasteiger partial charge in [-0.25, -0.2) is 4.79 Å². The number of esters is 1. The lowest BCUT2D eigenvalue weighted by atomic mass is 10.1. The molecule has 0 spiro atoms. The summed E-state index contributed by atoms with van der Waals surface area (Å²) in [6, 6.07) is 9.28. The molecule has 19 heavy (non-hydrogen) atoms. The van der Waals surface area contributed by atoms with Crippen LogP contribution >= 0.6 is 27.3 Å². The molecule has 0 fully saturated rings. The van der Waals surface area contributed by atoms with Crippen molar-refractivity contribution in [1.82, 2.24) is 0 Å². The minimum atomic E-state index is -0.431. The Balaban J connectivity index is 2.10. The SMILES string of the molecule is COC(=O)c1cc(NCc2ccc(Br)s2)ccc1N. The van der Waals surface area contributed by atoms with Gasteiger partial charge in [-0.2, -0.15) is 0 Å². The Bertz CT molecular complexity index is 598. The van der Waals surface area contributed by atoms with E-state index in [0.717, 1.165) is 9.47 Å². The van der Waals surface area contributed by atoms with Gasteiger partial charge in [-0.1, -0.05) is 0 Å². The van der Waals surface area contributed by atoms with E-state index in [1.165, 1.54) is 12.0 Å². The van der Waals surface area contributed by atoms with Gasteiger partial charge in [-0.15, -0.1) is 11.3 Å². The van der Waals surface area contributed by atoms with Gasteiger partial charge < -0.3 is 15.8 Å². The van der Waals surface area contributed by atoms with Crippen LogP contribution in [0, 0.1) is 0 Å². The quantitative estimate of drug-likeness (QED) is 0.660. The van der Waals surface area contributed by atoms with Gasteiger partial charge in [0.2, 0.25) is 0 Å². The van der Waals surface area contributed by atoms with Gasteiger partial charge in [0.05, 0.1) is 16.5 Å². The van der Waals surface area contributed by atoms with Crippen LogP contribution in [0.4, 0.5) is 11.4 Å². The molecule has 1 aromatic heterocycles. The molecule has 0 saturated carbocycles. The molecular formula is C13H13BrN2O2S. The molecule has 1 aromatic carbocycles. The first kappa shape index (κ1) is 13.9. The average Bonchev–Trinajstić information content (AvgIpc) is 2.83. The van der Waals surface area contributed by atoms with E-state index in [1.54, 1.807) is 23.5 Å². The summed E-state index contributed by atoms with van der Waals surface area (Å²) in [7, 11) is 1.34. The van der Waals surface area contributed by atoms with E-state index in [0.29, 0.717) is 17.8 Å². The molecule has 1 heterocycles. The predicted molar refractivity (Wildman–Crippen MR) is 81.5 cm³/mol. The Hall–Kier alpha value is -1.53. The normalized spacial score (nSPS) is 10.2. The number of thiophene rings is 1. The molecule has 0 amide bonds. The standard InChI is InChI=1S/C13H13BrN2O2S/c1-18-13(17)10-6-8(2-4-11(10)15)16-7-9-3-5-12(14)19-9/h2-6,16H,7,15H2,1H3. The summed E-state index contributed by atoms with van der Waals surface area (Å²) < 4.78 is 5.78. The van der Waals surface area contributed by atoms with E-state index in [4.69, 9.17) is 5.73 Å². The molecule has 6 heteroatoms. The van der Waals surface area contributed by atoms with Gasteiger partial charge >= 0.3 is 5.97 Å². The fourth-order valence-electron chi connectivity index (χ4n) is 1.59. The number of carbonyl (C=O) groups is 1. The summed E-state index contributed by atoms with van der Waals surface area (Å²) in [5.41, 5.74) is 7.36. The summed E-state index contributed by atoms with van der Waals surface area (Å²) in [5.74, 6) is -0.431. The molecular weight excluding hydrogens is 328 g/mol. The molecule has 4 nitrogen and oxygen atoms in total. The second kappa shape index (κ2) is 6.08. The average molecular weight is 341 g/mol. The molecule has 0 saturated heterocycles. The first-order valence-corrected chi connectivity index (χ1v) is 7.17. The molecule has 2 aromatic rings. The third-order valence-electron chi connectivity index (χ3n) is 2.55. The summed E-state index contributed by atoms with van der Waals surface area (Å²) in [6.45, 7) is 0.695. The largest absolute Gasteiger partial charge is 0.465 e. The summed E-state index contributed by atoms with van der Waals surface area (Å²) in [4.78, 5) is 12.7. The Morgan fingerprint density at radius 1 is 1.42 bits per heavy atom. The number of rotatable bonds is 4. The van der Waals surface area contributed by atoms with Crippen molar-refractivity contribution in [3.63, 3.8) is 0 Å². The second-order valence-electron chi connectivity index (χ2n) is 3.85. The number of ether oxygens (including phenoxy) is 1. The zero-order valence-electron chi connectivity index (χ0n) is 10.3. The maximum atomic E-state index is 11.5. The third-order valence-corrected chi connectivity index (χ3v) is 4.18. The number of nitrogens with one attached hydrogen (secondary N) is 1. The maximum Gasteiger partial charge on any atom is 0.340 e. The molecule has 0 atom stereocenters. The van der Waals surface area contributed by atoms with Gasteiger partial charge in [0.25, 0.3) is 0 Å². The van der Waals surface area contributed by atoms with Crippen LogP contribution in [0.1, 0.15) is 15.2 Å². The molecule has 3 N–H and O–H groups in total. The number of nitrogen functional groups attached to an aromatic ring is 1. The van der Waals surface area contributed by atoms with Crippen molar-refractivity contribution in [3.8, 4) is 0 Å². The van der Waals surface area contributed by atoms with Gasteiger partial charge in [-0.3, -0.25) is 0 Å². The zero-order chi connectivity index (χ0) is 13.8. The van der Waals surface area contributed by atoms with Crippen molar-refractivity contribution < 1.29 is 9.53 Å². The van der Waals surface area contributed by atoms with Crippen molar-refractivity contribution >= 4 is 44.6 Å². The topological polar surface area (TPSA) is 64.3 Å². The van der Waals surface area contributed by atoms with E-state index < -0.39 is 5.97 Å². The van der Waals surface area contributed by atoms with Crippen LogP contribution in [-0.2, 0) is 11.3 Å². The van der Waals surface area contributed by atoms with E-state index in [1.807, 2.05) is 18.2 Å². The van der Waals surface area contributed by atoms with Crippen LogP contribution in [0.2, 0.25) is 0 Å². The van der Waals surface area contributed by atoms with Crippen LogP contribution < -0.4 is 11.1 Å². The fourth-order valence-corrected chi connectivity index (χ4v) is 3.01. The van der Waals surface area contributed by atoms with Gasteiger partial charge in [-0.05, 0) is 46.3 Å². The fraction of sp³-hybridized carbons (Fsp3) is 0.154. The monoisotopic (exact) mass is 340 g/mol. The second-order valence-corrected chi connectivity index (χ2v) is 6.40. The van der Waals surface area contributed by atoms with E-state index in [9.17, 15) is 4.79 Å². The molecule has 0 radical (unpaired) electrons. The lowest BCUT2D eigenvalue weighted by molar-refractivity contribution is 0.0602. The highest BCUT2D eigenvalue weighted by Gasteiger charge is 2.10. The van der Waals surface area contributed by atoms with Crippen molar-refractivity contribution in [2.24, 2.45) is 0 Å². The Morgan fingerprint density at radius 2 is 2.21 bits per heavy atom. The summed E-state index contributed by atoms with van der Waals surface area (Å²) >= 11 is 5.08. The molecule has 0 bridgehead atoms. The maximum absolute atomic E-state index is 11.5. The molecule has 100 valence electrons. The number of carbonyl (C=O) groups excluding carboxylic acids is 1. The van der Waals surface area contributed by atoms with Crippen LogP contribution in [0.25, 0.3) is 0 Å². The number of anilines is 2. The van der Waals surface area contributed by atoms with Crippen molar-refractivity contribution in [2.75, 3.05) is 18.2 Å². The van der Waals surface area contributed by atoms with Crippen molar-refractivity contribution in [2.45, 2.75) is 6.54 Å². The van der Waals surface area contributed by atoms with Crippen LogP contribution in [0.15, 0.2) is 34.1 Å². The number of methoxy groups -OCH3 is 1. The van der Waals surface area contributed by atoms with Crippen LogP contribution in [0.5, 0.6) is 0 Å². The first-order valence-electron chi connectivity index (χ1n) is 5.56. The minimum Gasteiger partial charge on any atom is -0.465 e. The number of nitrogens with two attached hydrogens (primary N) is 1. The van der Waals surface area contributed by atoms with Crippen LogP contribution in [0.3, 0.4) is 0 Å². The third kappa shape index (κ3) is 3.48. The number of hydrogen-bond donors (Lipinski definition) is 2. The molecule has 0 aliphatic rings. The summed E-state index contributed by atoms with van der Waals surface area (Å²) in [5, 5.41) is 3.25. The van der Waals surface area contributed by atoms with Crippen molar-refractivity contribution in [1.29, 1.82) is 0 Å². The lowest BCUT2D eigenvalue weighted by Crippen LogP contribution is -2.07. The number of benzene rings is 1. The minimum absolute atomic E-state index is 0.375. The Morgan fingerprint density at radius 3 is 2.84 bits per heavy atom. The highest BCUT2D eigenvalue weighted by atomic mass is 79.9. The van der Waals surface area contributed by atoms with Crippen LogP contribution in [-0.4, -0.2) is 13.1 Å². The zero-order valence-corrected chi connectivity index (χ0v) is 12.7. The van der Waals surface area contributed by atoms with E-state index in [-0.39, 0.29) is 0 Å². The van der Waals surface area contributed by atoms with E-state index >= 15 is 0 Å². The van der Waals surface area contributed by atoms with E-state index in [2.05, 4.69) is 26.0 Å². The molecule has 0 aliphatic heterocycles. The van der Waals surface area contributed by atoms with Crippen molar-refractivity contribution in [3.05, 3.63) is 44.6 Å². The first-order chi connectivity index (χ1) is 9.10. The summed E-state index contributed by atoms with van der Waals surface area (Å²) in [6.07, 6.45) is 0. The van der Waals surface area contributed by atoms with Gasteiger partial charge in [0.15, 0.2) is 0 Å². The highest BCUT2D eigenvalue weighted by Crippen LogP contribution is 2.24. The molecule has 0 unspecified atom stereocenters. The Kier molecular flexibility index (Phi) is 4.44.